The van der Waals surface area contributed by atoms with E-state index in [0.717, 1.165) is 28.1 Å². The van der Waals surface area contributed by atoms with Gasteiger partial charge >= 0.3 is 12.1 Å². The van der Waals surface area contributed by atoms with E-state index in [-0.39, 0.29) is 30.1 Å². The van der Waals surface area contributed by atoms with E-state index in [0.29, 0.717) is 30.9 Å². The number of aromatic nitrogens is 1. The molecule has 0 unspecified atom stereocenters. The minimum atomic E-state index is -4.56. The lowest BCUT2D eigenvalue weighted by Gasteiger charge is -2.34. The van der Waals surface area contributed by atoms with Gasteiger partial charge in [0, 0.05) is 36.6 Å². The highest BCUT2D eigenvalue weighted by Gasteiger charge is 2.34. The molecule has 5 aromatic rings. The molecule has 1 aromatic heterocycles. The first-order chi connectivity index (χ1) is 21.6. The zero-order valence-corrected chi connectivity index (χ0v) is 25.5. The highest BCUT2D eigenvalue weighted by molar-refractivity contribution is 6.32. The molecule has 9 heteroatoms. The summed E-state index contributed by atoms with van der Waals surface area (Å²) in [6, 6.07) is 31.5. The summed E-state index contributed by atoms with van der Waals surface area (Å²) in [7, 11) is 0. The summed E-state index contributed by atoms with van der Waals surface area (Å²) >= 11 is 6.38. The van der Waals surface area contributed by atoms with E-state index in [1.807, 2.05) is 67.6 Å². The molecular formula is C36H34ClF3N2O3. The number of nitrogens with zero attached hydrogens (tertiary/aromatic N) is 2. The van der Waals surface area contributed by atoms with Crippen LogP contribution >= 0.6 is 11.6 Å². The van der Waals surface area contributed by atoms with Crippen molar-refractivity contribution in [3.05, 3.63) is 137 Å². The standard InChI is InChI=1S/C36H34ClF3N2O3/c1-25(19-21-45-33-17-9-16-32-29(33)18-20-41(32)24-34(43)44)42(22-28-14-8-15-31(35(28)37)36(38,39)40)23-30(26-10-4-2-5-11-26)27-12-6-3-7-13-27/h2-18,20,25,30H,19,21-24H2,1H3,(H,43,44)/t25-/m1/s1. The van der Waals surface area contributed by atoms with Gasteiger partial charge in [0.25, 0.3) is 0 Å². The summed E-state index contributed by atoms with van der Waals surface area (Å²) in [6.45, 7) is 2.99. The molecule has 5 nitrogen and oxygen atoms in total. The summed E-state index contributed by atoms with van der Waals surface area (Å²) in [5, 5.41) is 9.76. The third-order valence-electron chi connectivity index (χ3n) is 8.07. The van der Waals surface area contributed by atoms with Gasteiger partial charge in [0.1, 0.15) is 12.3 Å². The van der Waals surface area contributed by atoms with E-state index in [1.54, 1.807) is 16.8 Å². The number of aliphatic carboxylic acids is 1. The number of ether oxygens (including phenoxy) is 1. The van der Waals surface area contributed by atoms with Gasteiger partial charge in [-0.2, -0.15) is 13.2 Å². The topological polar surface area (TPSA) is 54.7 Å². The molecule has 0 amide bonds. The van der Waals surface area contributed by atoms with Gasteiger partial charge in [0.15, 0.2) is 0 Å². The van der Waals surface area contributed by atoms with Crippen LogP contribution < -0.4 is 4.74 Å². The summed E-state index contributed by atoms with van der Waals surface area (Å²) < 4.78 is 49.1. The van der Waals surface area contributed by atoms with Gasteiger partial charge in [-0.15, -0.1) is 0 Å². The molecule has 45 heavy (non-hydrogen) atoms. The number of halogens is 4. The number of rotatable bonds is 13. The minimum absolute atomic E-state index is 0.0388. The van der Waals surface area contributed by atoms with Crippen molar-refractivity contribution in [2.75, 3.05) is 13.2 Å². The molecule has 0 aliphatic rings. The SMILES string of the molecule is C[C@H](CCOc1cccc2c1ccn2CC(=O)O)N(Cc1cccc(C(F)(F)F)c1Cl)CC(c1ccccc1)c1ccccc1. The van der Waals surface area contributed by atoms with Crippen molar-refractivity contribution in [1.29, 1.82) is 0 Å². The lowest BCUT2D eigenvalue weighted by atomic mass is 9.90. The van der Waals surface area contributed by atoms with Gasteiger partial charge < -0.3 is 14.4 Å². The Hall–Kier alpha value is -4.27. The number of carboxylic acids is 1. The van der Waals surface area contributed by atoms with Crippen LogP contribution in [0.1, 0.15) is 41.5 Å². The van der Waals surface area contributed by atoms with Gasteiger partial charge in [-0.3, -0.25) is 9.69 Å². The molecule has 234 valence electrons. The molecule has 0 aliphatic heterocycles. The van der Waals surface area contributed by atoms with E-state index in [1.165, 1.54) is 6.07 Å². The zero-order valence-electron chi connectivity index (χ0n) is 24.8. The fourth-order valence-electron chi connectivity index (χ4n) is 5.68. The maximum Gasteiger partial charge on any atom is 0.417 e. The molecule has 4 aromatic carbocycles. The maximum absolute atomic E-state index is 13.7. The molecule has 1 atom stereocenters. The van der Waals surface area contributed by atoms with Crippen LogP contribution in [0.25, 0.3) is 10.9 Å². The molecule has 0 fully saturated rings. The largest absolute Gasteiger partial charge is 0.493 e. The quantitative estimate of drug-likeness (QED) is 0.141. The molecule has 5 rings (SSSR count). The van der Waals surface area contributed by atoms with Crippen LogP contribution in [-0.4, -0.2) is 39.7 Å². The molecule has 0 saturated heterocycles. The number of hydrogen-bond donors (Lipinski definition) is 1. The van der Waals surface area contributed by atoms with Crippen molar-refractivity contribution >= 4 is 28.5 Å². The Labute approximate surface area is 265 Å². The third-order valence-corrected chi connectivity index (χ3v) is 8.52. The maximum atomic E-state index is 13.7. The predicted molar refractivity (Wildman–Crippen MR) is 171 cm³/mol. The monoisotopic (exact) mass is 634 g/mol. The molecule has 1 N–H and O–H groups in total. The number of benzene rings is 4. The fraction of sp³-hybridized carbons (Fsp3) is 0.250. The first-order valence-electron chi connectivity index (χ1n) is 14.7. The highest BCUT2D eigenvalue weighted by Crippen LogP contribution is 2.37. The minimum Gasteiger partial charge on any atom is -0.493 e. The predicted octanol–water partition coefficient (Wildman–Crippen LogP) is 8.89. The van der Waals surface area contributed by atoms with E-state index >= 15 is 0 Å². The van der Waals surface area contributed by atoms with Crippen molar-refractivity contribution in [3.63, 3.8) is 0 Å². The molecule has 0 bridgehead atoms. The smallest absolute Gasteiger partial charge is 0.417 e. The fourth-order valence-corrected chi connectivity index (χ4v) is 5.97. The van der Waals surface area contributed by atoms with Crippen LogP contribution in [0.5, 0.6) is 5.75 Å². The average Bonchev–Trinajstić information content (AvgIpc) is 3.43. The van der Waals surface area contributed by atoms with Crippen molar-refractivity contribution < 1.29 is 27.8 Å². The molecule has 0 spiro atoms. The molecule has 0 saturated carbocycles. The van der Waals surface area contributed by atoms with Crippen LogP contribution in [-0.2, 0) is 24.1 Å². The van der Waals surface area contributed by atoms with Crippen LogP contribution in [0, 0.1) is 0 Å². The Morgan fingerprint density at radius 2 is 1.56 bits per heavy atom. The van der Waals surface area contributed by atoms with Crippen molar-refractivity contribution in [2.45, 2.75) is 44.6 Å². The summed E-state index contributed by atoms with van der Waals surface area (Å²) in [5.41, 5.74) is 2.53. The van der Waals surface area contributed by atoms with Gasteiger partial charge in [-0.05, 0) is 54.3 Å². The van der Waals surface area contributed by atoms with Crippen LogP contribution in [0.2, 0.25) is 5.02 Å². The zero-order chi connectivity index (χ0) is 32.0. The molecule has 0 aliphatic carbocycles. The lowest BCUT2D eigenvalue weighted by Crippen LogP contribution is -2.37. The summed E-state index contributed by atoms with van der Waals surface area (Å²) in [4.78, 5) is 13.4. The Balaban J connectivity index is 1.41. The summed E-state index contributed by atoms with van der Waals surface area (Å²) in [5.74, 6) is -0.330. The molecular weight excluding hydrogens is 601 g/mol. The second-order valence-electron chi connectivity index (χ2n) is 11.1. The first kappa shape index (κ1) is 32.1. The number of fused-ring (bicyclic) bond motifs is 1. The van der Waals surface area contributed by atoms with Gasteiger partial charge in [0.05, 0.1) is 22.7 Å². The van der Waals surface area contributed by atoms with E-state index in [9.17, 15) is 23.1 Å². The lowest BCUT2D eigenvalue weighted by molar-refractivity contribution is -0.138. The second kappa shape index (κ2) is 14.2. The third kappa shape index (κ3) is 7.88. The van der Waals surface area contributed by atoms with Gasteiger partial charge in [-0.25, -0.2) is 0 Å². The number of carboxylic acid groups (broad SMARTS) is 1. The van der Waals surface area contributed by atoms with Crippen molar-refractivity contribution in [3.8, 4) is 5.75 Å². The van der Waals surface area contributed by atoms with Crippen LogP contribution in [0.4, 0.5) is 13.2 Å². The normalized spacial score (nSPS) is 12.6. The van der Waals surface area contributed by atoms with Gasteiger partial charge in [-0.1, -0.05) is 90.5 Å². The Morgan fingerprint density at radius 1 is 0.911 bits per heavy atom. The number of carbonyl (C=O) groups is 1. The Morgan fingerprint density at radius 3 is 2.18 bits per heavy atom. The van der Waals surface area contributed by atoms with E-state index in [2.05, 4.69) is 29.2 Å². The van der Waals surface area contributed by atoms with Gasteiger partial charge in [0.2, 0.25) is 0 Å². The van der Waals surface area contributed by atoms with E-state index < -0.39 is 17.7 Å². The van der Waals surface area contributed by atoms with E-state index in [4.69, 9.17) is 16.3 Å². The van der Waals surface area contributed by atoms with Crippen LogP contribution in [0.3, 0.4) is 0 Å². The highest BCUT2D eigenvalue weighted by atomic mass is 35.5. The average molecular weight is 635 g/mol. The molecule has 1 heterocycles. The summed E-state index contributed by atoms with van der Waals surface area (Å²) in [6.07, 6.45) is -2.25. The Kier molecular flexibility index (Phi) is 10.2. The first-order valence-corrected chi connectivity index (χ1v) is 15.1. The second-order valence-corrected chi connectivity index (χ2v) is 11.5. The van der Waals surface area contributed by atoms with Crippen LogP contribution in [0.15, 0.2) is 109 Å². The number of alkyl halides is 3. The van der Waals surface area contributed by atoms with Crippen molar-refractivity contribution in [2.24, 2.45) is 0 Å². The molecule has 0 radical (unpaired) electrons. The number of hydrogen-bond acceptors (Lipinski definition) is 3. The Bertz CT molecular complexity index is 1690. The van der Waals surface area contributed by atoms with Crippen molar-refractivity contribution in [1.82, 2.24) is 9.47 Å².